The van der Waals surface area contributed by atoms with Gasteiger partial charge in [-0.25, -0.2) is 0 Å². The largest absolute Gasteiger partial charge is 0.289 e. The first-order chi connectivity index (χ1) is 8.66. The van der Waals surface area contributed by atoms with Crippen molar-refractivity contribution in [2.24, 2.45) is 0 Å². The van der Waals surface area contributed by atoms with Crippen LogP contribution in [-0.2, 0) is 0 Å². The molecule has 0 heterocycles. The van der Waals surface area contributed by atoms with Crippen LogP contribution in [0.5, 0.6) is 0 Å². The lowest BCUT2D eigenvalue weighted by Gasteiger charge is -1.99. The van der Waals surface area contributed by atoms with Crippen LogP contribution < -0.4 is 0 Å². The van der Waals surface area contributed by atoms with Gasteiger partial charge in [0, 0.05) is 10.0 Å². The molecule has 0 amide bonds. The van der Waals surface area contributed by atoms with Crippen molar-refractivity contribution in [3.05, 3.63) is 75.8 Å². The van der Waals surface area contributed by atoms with Crippen LogP contribution in [0.3, 0.4) is 0 Å². The Kier molecular flexibility index (Phi) is 4.11. The number of hydrogen-bond donors (Lipinski definition) is 0. The van der Waals surface area contributed by atoms with Crippen molar-refractivity contribution < 1.29 is 4.79 Å². The summed E-state index contributed by atoms with van der Waals surface area (Å²) in [6.45, 7) is 2.03. The lowest BCUT2D eigenvalue weighted by Crippen LogP contribution is -1.93. The summed E-state index contributed by atoms with van der Waals surface area (Å²) in [5.74, 6) is 0.0192. The zero-order valence-corrected chi connectivity index (χ0v) is 11.6. The number of allylic oxidation sites excluding steroid dienone is 1. The van der Waals surface area contributed by atoms with Crippen molar-refractivity contribution in [1.82, 2.24) is 0 Å². The Morgan fingerprint density at radius 1 is 1.06 bits per heavy atom. The number of halogens is 1. The Morgan fingerprint density at radius 3 is 2.39 bits per heavy atom. The van der Waals surface area contributed by atoms with E-state index in [1.54, 1.807) is 6.08 Å². The van der Waals surface area contributed by atoms with Crippen LogP contribution in [0.15, 0.2) is 59.1 Å². The van der Waals surface area contributed by atoms with Crippen LogP contribution in [0.1, 0.15) is 21.5 Å². The molecule has 2 aromatic rings. The fraction of sp³-hybridized carbons (Fsp3) is 0.0625. The summed E-state index contributed by atoms with van der Waals surface area (Å²) in [4.78, 5) is 11.9. The molecule has 18 heavy (non-hydrogen) atoms. The summed E-state index contributed by atoms with van der Waals surface area (Å²) < 4.78 is 0.974. The minimum Gasteiger partial charge on any atom is -0.289 e. The van der Waals surface area contributed by atoms with Crippen LogP contribution in [0, 0.1) is 6.92 Å². The van der Waals surface area contributed by atoms with Crippen LogP contribution in [0.2, 0.25) is 0 Å². The smallest absolute Gasteiger partial charge is 0.185 e. The molecule has 0 bridgehead atoms. The summed E-state index contributed by atoms with van der Waals surface area (Å²) in [6, 6.07) is 15.4. The van der Waals surface area contributed by atoms with Crippen molar-refractivity contribution >= 4 is 27.8 Å². The Balaban J connectivity index is 2.17. The summed E-state index contributed by atoms with van der Waals surface area (Å²) in [5.41, 5.74) is 2.93. The summed E-state index contributed by atoms with van der Waals surface area (Å²) in [5, 5.41) is 0. The van der Waals surface area contributed by atoms with Gasteiger partial charge in [-0.1, -0.05) is 46.3 Å². The van der Waals surface area contributed by atoms with Crippen molar-refractivity contribution in [3.8, 4) is 0 Å². The maximum atomic E-state index is 11.9. The Hall–Kier alpha value is -1.67. The van der Waals surface area contributed by atoms with Crippen molar-refractivity contribution in [2.45, 2.75) is 6.92 Å². The van der Waals surface area contributed by atoms with Gasteiger partial charge in [-0.2, -0.15) is 0 Å². The number of benzene rings is 2. The maximum absolute atomic E-state index is 11.9. The van der Waals surface area contributed by atoms with Gasteiger partial charge in [0.05, 0.1) is 0 Å². The van der Waals surface area contributed by atoms with E-state index in [1.165, 1.54) is 0 Å². The lowest BCUT2D eigenvalue weighted by atomic mass is 10.1. The minimum absolute atomic E-state index is 0.0192. The van der Waals surface area contributed by atoms with Gasteiger partial charge in [-0.05, 0) is 48.4 Å². The summed E-state index contributed by atoms with van der Waals surface area (Å²) in [6.07, 6.45) is 3.48. The third kappa shape index (κ3) is 3.17. The predicted molar refractivity (Wildman–Crippen MR) is 78.7 cm³/mol. The number of aryl methyl sites for hydroxylation is 1. The highest BCUT2D eigenvalue weighted by atomic mass is 79.9. The van der Waals surface area contributed by atoms with E-state index in [1.807, 2.05) is 61.5 Å². The monoisotopic (exact) mass is 300 g/mol. The van der Waals surface area contributed by atoms with Crippen LogP contribution in [0.4, 0.5) is 0 Å². The molecule has 0 aliphatic carbocycles. The molecule has 2 heteroatoms. The number of hydrogen-bond acceptors (Lipinski definition) is 1. The van der Waals surface area contributed by atoms with Crippen molar-refractivity contribution in [2.75, 3.05) is 0 Å². The Labute approximate surface area is 115 Å². The average molecular weight is 301 g/mol. The fourth-order valence-electron chi connectivity index (χ4n) is 1.65. The van der Waals surface area contributed by atoms with E-state index in [2.05, 4.69) is 15.9 Å². The third-order valence-corrected chi connectivity index (χ3v) is 3.26. The highest BCUT2D eigenvalue weighted by Crippen LogP contribution is 2.13. The molecule has 0 aliphatic heterocycles. The van der Waals surface area contributed by atoms with Crippen LogP contribution >= 0.6 is 15.9 Å². The normalized spacial score (nSPS) is 10.8. The van der Waals surface area contributed by atoms with E-state index >= 15 is 0 Å². The first-order valence-electron chi connectivity index (χ1n) is 5.70. The highest BCUT2D eigenvalue weighted by Gasteiger charge is 2.01. The SMILES string of the molecule is Cc1ccccc1/C=C/C(=O)c1ccc(Br)cc1. The zero-order chi connectivity index (χ0) is 13.0. The molecular weight excluding hydrogens is 288 g/mol. The average Bonchev–Trinajstić information content (AvgIpc) is 2.38. The van der Waals surface area contributed by atoms with Crippen molar-refractivity contribution in [3.63, 3.8) is 0 Å². The first-order valence-corrected chi connectivity index (χ1v) is 6.50. The van der Waals surface area contributed by atoms with Gasteiger partial charge in [0.2, 0.25) is 0 Å². The van der Waals surface area contributed by atoms with Gasteiger partial charge in [-0.3, -0.25) is 4.79 Å². The standard InChI is InChI=1S/C16H13BrO/c1-12-4-2-3-5-13(12)8-11-16(18)14-6-9-15(17)10-7-14/h2-11H,1H3/b11-8+. The van der Waals surface area contributed by atoms with E-state index in [0.29, 0.717) is 5.56 Å². The summed E-state index contributed by atoms with van der Waals surface area (Å²) in [7, 11) is 0. The molecule has 0 aromatic heterocycles. The number of carbonyl (C=O) groups excluding carboxylic acids is 1. The van der Waals surface area contributed by atoms with E-state index in [9.17, 15) is 4.79 Å². The van der Waals surface area contributed by atoms with Gasteiger partial charge >= 0.3 is 0 Å². The molecule has 0 spiro atoms. The van der Waals surface area contributed by atoms with Gasteiger partial charge in [-0.15, -0.1) is 0 Å². The molecule has 0 aliphatic rings. The Bertz CT molecular complexity index is 582. The maximum Gasteiger partial charge on any atom is 0.185 e. The van der Waals surface area contributed by atoms with Gasteiger partial charge in [0.25, 0.3) is 0 Å². The minimum atomic E-state index is 0.0192. The quantitative estimate of drug-likeness (QED) is 0.595. The molecular formula is C16H13BrO. The zero-order valence-electron chi connectivity index (χ0n) is 10.1. The number of rotatable bonds is 3. The molecule has 0 atom stereocenters. The van der Waals surface area contributed by atoms with E-state index in [0.717, 1.165) is 15.6 Å². The molecule has 90 valence electrons. The first kappa shape index (κ1) is 12.8. The van der Waals surface area contributed by atoms with Crippen molar-refractivity contribution in [1.29, 1.82) is 0 Å². The second kappa shape index (κ2) is 5.78. The van der Waals surface area contributed by atoms with Crippen LogP contribution in [-0.4, -0.2) is 5.78 Å². The van der Waals surface area contributed by atoms with Gasteiger partial charge < -0.3 is 0 Å². The molecule has 2 rings (SSSR count). The molecule has 0 unspecified atom stereocenters. The van der Waals surface area contributed by atoms with E-state index < -0.39 is 0 Å². The molecule has 0 fully saturated rings. The fourth-order valence-corrected chi connectivity index (χ4v) is 1.91. The number of carbonyl (C=O) groups is 1. The van der Waals surface area contributed by atoms with E-state index in [4.69, 9.17) is 0 Å². The predicted octanol–water partition coefficient (Wildman–Crippen LogP) is 4.65. The second-order valence-corrected chi connectivity index (χ2v) is 4.98. The molecule has 0 radical (unpaired) electrons. The summed E-state index contributed by atoms with van der Waals surface area (Å²) >= 11 is 3.35. The number of ketones is 1. The molecule has 1 nitrogen and oxygen atoms in total. The third-order valence-electron chi connectivity index (χ3n) is 2.73. The van der Waals surface area contributed by atoms with Gasteiger partial charge in [0.1, 0.15) is 0 Å². The van der Waals surface area contributed by atoms with Crippen LogP contribution in [0.25, 0.3) is 6.08 Å². The Morgan fingerprint density at radius 2 is 1.72 bits per heavy atom. The molecule has 0 saturated heterocycles. The van der Waals surface area contributed by atoms with E-state index in [-0.39, 0.29) is 5.78 Å². The second-order valence-electron chi connectivity index (χ2n) is 4.06. The molecule has 2 aromatic carbocycles. The molecule has 0 N–H and O–H groups in total. The topological polar surface area (TPSA) is 17.1 Å². The lowest BCUT2D eigenvalue weighted by molar-refractivity contribution is 0.104. The molecule has 0 saturated carbocycles. The van der Waals surface area contributed by atoms with Gasteiger partial charge in [0.15, 0.2) is 5.78 Å². The highest BCUT2D eigenvalue weighted by molar-refractivity contribution is 9.10.